The smallest absolute Gasteiger partial charge is 0.256 e. The fourth-order valence-corrected chi connectivity index (χ4v) is 1.85. The summed E-state index contributed by atoms with van der Waals surface area (Å²) in [4.78, 5) is 15.9. The van der Waals surface area contributed by atoms with Gasteiger partial charge in [0.2, 0.25) is 0 Å². The second kappa shape index (κ2) is 5.54. The molecule has 0 aliphatic heterocycles. The van der Waals surface area contributed by atoms with Crippen LogP contribution in [0.25, 0.3) is 11.3 Å². The number of nitrogens with zero attached hydrogens (tertiary/aromatic N) is 2. The van der Waals surface area contributed by atoms with E-state index in [9.17, 15) is 9.18 Å². The molecule has 0 saturated heterocycles. The van der Waals surface area contributed by atoms with Crippen molar-refractivity contribution in [3.63, 3.8) is 0 Å². The van der Waals surface area contributed by atoms with Gasteiger partial charge in [0.05, 0.1) is 5.69 Å². The predicted octanol–water partition coefficient (Wildman–Crippen LogP) is 2.86. The normalized spacial score (nSPS) is 10.3. The number of pyridine rings is 1. The van der Waals surface area contributed by atoms with Gasteiger partial charge in [0.25, 0.3) is 5.91 Å². The molecule has 0 aliphatic rings. The molecule has 3 rings (SSSR count). The van der Waals surface area contributed by atoms with Crippen molar-refractivity contribution < 1.29 is 9.18 Å². The maximum atomic E-state index is 12.8. The first-order chi connectivity index (χ1) is 10.2. The Morgan fingerprint density at radius 2 is 1.81 bits per heavy atom. The summed E-state index contributed by atoms with van der Waals surface area (Å²) < 4.78 is 12.8. The van der Waals surface area contributed by atoms with E-state index in [-0.39, 0.29) is 11.7 Å². The predicted molar refractivity (Wildman–Crippen MR) is 76.2 cm³/mol. The minimum atomic E-state index is -0.383. The number of aromatic nitrogens is 3. The highest BCUT2D eigenvalue weighted by Crippen LogP contribution is 2.19. The molecule has 104 valence electrons. The Bertz CT molecular complexity index is 753. The van der Waals surface area contributed by atoms with Gasteiger partial charge in [-0.25, -0.2) is 4.39 Å². The molecule has 0 bridgehead atoms. The number of aromatic amines is 1. The van der Waals surface area contributed by atoms with Crippen LogP contribution in [0, 0.1) is 5.82 Å². The molecule has 0 radical (unpaired) electrons. The molecule has 2 heterocycles. The summed E-state index contributed by atoms with van der Waals surface area (Å²) in [6, 6.07) is 10.7. The number of benzene rings is 1. The number of anilines is 1. The summed E-state index contributed by atoms with van der Waals surface area (Å²) in [6.45, 7) is 0. The fraction of sp³-hybridized carbons (Fsp3) is 0. The van der Waals surface area contributed by atoms with Gasteiger partial charge in [0.15, 0.2) is 5.82 Å². The van der Waals surface area contributed by atoms with Gasteiger partial charge in [-0.05, 0) is 36.4 Å². The summed E-state index contributed by atoms with van der Waals surface area (Å²) >= 11 is 0. The Hall–Kier alpha value is -3.02. The zero-order chi connectivity index (χ0) is 14.7. The lowest BCUT2D eigenvalue weighted by Crippen LogP contribution is -2.12. The zero-order valence-electron chi connectivity index (χ0n) is 10.9. The average molecular weight is 282 g/mol. The second-order valence-corrected chi connectivity index (χ2v) is 4.36. The van der Waals surface area contributed by atoms with E-state index >= 15 is 0 Å². The number of nitrogens with one attached hydrogen (secondary N) is 2. The lowest BCUT2D eigenvalue weighted by atomic mass is 10.2. The van der Waals surface area contributed by atoms with Crippen molar-refractivity contribution in [1.29, 1.82) is 0 Å². The van der Waals surface area contributed by atoms with Crippen molar-refractivity contribution in [3.8, 4) is 11.3 Å². The van der Waals surface area contributed by atoms with Gasteiger partial charge in [-0.2, -0.15) is 5.10 Å². The van der Waals surface area contributed by atoms with Crippen molar-refractivity contribution >= 4 is 11.7 Å². The van der Waals surface area contributed by atoms with Crippen molar-refractivity contribution in [2.75, 3.05) is 5.32 Å². The van der Waals surface area contributed by atoms with Crippen LogP contribution in [0.4, 0.5) is 10.2 Å². The molecule has 2 aromatic heterocycles. The monoisotopic (exact) mass is 282 g/mol. The third-order valence-electron chi connectivity index (χ3n) is 2.92. The van der Waals surface area contributed by atoms with Crippen LogP contribution in [-0.4, -0.2) is 21.1 Å². The summed E-state index contributed by atoms with van der Waals surface area (Å²) in [5, 5.41) is 9.51. The molecule has 0 atom stereocenters. The number of carbonyl (C=O) groups excluding carboxylic acids is 1. The quantitative estimate of drug-likeness (QED) is 0.776. The Labute approximate surface area is 119 Å². The van der Waals surface area contributed by atoms with Crippen LogP contribution in [0.3, 0.4) is 0 Å². The Morgan fingerprint density at radius 3 is 2.52 bits per heavy atom. The Kier molecular flexibility index (Phi) is 3.42. The molecule has 0 saturated carbocycles. The fourth-order valence-electron chi connectivity index (χ4n) is 1.85. The van der Waals surface area contributed by atoms with Gasteiger partial charge in [-0.15, -0.1) is 0 Å². The first-order valence-electron chi connectivity index (χ1n) is 6.25. The molecule has 2 N–H and O–H groups in total. The molecule has 1 amide bonds. The SMILES string of the molecule is O=C(Nc1cc(-c2ccncc2)[nH]n1)c1ccc(F)cc1. The van der Waals surface area contributed by atoms with Crippen LogP contribution in [0.5, 0.6) is 0 Å². The standard InChI is InChI=1S/C15H11FN4O/c16-12-3-1-11(2-4-12)15(21)18-14-9-13(19-20-14)10-5-7-17-8-6-10/h1-9H,(H2,18,19,20,21). The second-order valence-electron chi connectivity index (χ2n) is 4.36. The lowest BCUT2D eigenvalue weighted by Gasteiger charge is -2.01. The molecule has 5 nitrogen and oxygen atoms in total. The largest absolute Gasteiger partial charge is 0.305 e. The number of hydrogen-bond donors (Lipinski definition) is 2. The van der Waals surface area contributed by atoms with E-state index in [0.29, 0.717) is 11.4 Å². The van der Waals surface area contributed by atoms with Gasteiger partial charge in [-0.1, -0.05) is 0 Å². The van der Waals surface area contributed by atoms with E-state index in [1.165, 1.54) is 24.3 Å². The maximum absolute atomic E-state index is 12.8. The number of carbonyl (C=O) groups is 1. The van der Waals surface area contributed by atoms with Crippen molar-refractivity contribution in [2.24, 2.45) is 0 Å². The summed E-state index contributed by atoms with van der Waals surface area (Å²) in [5.41, 5.74) is 2.05. The molecule has 0 spiro atoms. The van der Waals surface area contributed by atoms with Gasteiger partial charge in [0.1, 0.15) is 5.82 Å². The molecule has 1 aromatic carbocycles. The lowest BCUT2D eigenvalue weighted by molar-refractivity contribution is 0.102. The third-order valence-corrected chi connectivity index (χ3v) is 2.92. The number of hydrogen-bond acceptors (Lipinski definition) is 3. The molecular weight excluding hydrogens is 271 g/mol. The maximum Gasteiger partial charge on any atom is 0.256 e. The van der Waals surface area contributed by atoms with Crippen LogP contribution in [0.1, 0.15) is 10.4 Å². The summed E-state index contributed by atoms with van der Waals surface area (Å²) in [6.07, 6.45) is 3.35. The zero-order valence-corrected chi connectivity index (χ0v) is 10.9. The number of rotatable bonds is 3. The summed E-state index contributed by atoms with van der Waals surface area (Å²) in [5.74, 6) is -0.329. The van der Waals surface area contributed by atoms with E-state index in [1.807, 2.05) is 12.1 Å². The van der Waals surface area contributed by atoms with Crippen molar-refractivity contribution in [2.45, 2.75) is 0 Å². The van der Waals surface area contributed by atoms with Gasteiger partial charge in [0, 0.05) is 29.6 Å². The molecular formula is C15H11FN4O. The van der Waals surface area contributed by atoms with Crippen molar-refractivity contribution in [3.05, 3.63) is 66.2 Å². The van der Waals surface area contributed by atoms with E-state index in [1.54, 1.807) is 18.5 Å². The topological polar surface area (TPSA) is 70.7 Å². The van der Waals surface area contributed by atoms with E-state index in [0.717, 1.165) is 11.3 Å². The number of H-pyrrole nitrogens is 1. The van der Waals surface area contributed by atoms with Crippen LogP contribution in [0.2, 0.25) is 0 Å². The van der Waals surface area contributed by atoms with Crippen molar-refractivity contribution in [1.82, 2.24) is 15.2 Å². The minimum absolute atomic E-state index is 0.345. The van der Waals surface area contributed by atoms with E-state index < -0.39 is 0 Å². The highest BCUT2D eigenvalue weighted by atomic mass is 19.1. The molecule has 6 heteroatoms. The van der Waals surface area contributed by atoms with Crippen LogP contribution < -0.4 is 5.32 Å². The van der Waals surface area contributed by atoms with E-state index in [2.05, 4.69) is 20.5 Å². The molecule has 0 unspecified atom stereocenters. The Morgan fingerprint density at radius 1 is 1.10 bits per heavy atom. The van der Waals surface area contributed by atoms with Gasteiger partial charge in [-0.3, -0.25) is 14.9 Å². The molecule has 0 aliphatic carbocycles. The van der Waals surface area contributed by atoms with Gasteiger partial charge >= 0.3 is 0 Å². The number of halogens is 1. The molecule has 3 aromatic rings. The summed E-state index contributed by atoms with van der Waals surface area (Å²) in [7, 11) is 0. The minimum Gasteiger partial charge on any atom is -0.305 e. The van der Waals surface area contributed by atoms with Crippen LogP contribution in [-0.2, 0) is 0 Å². The van der Waals surface area contributed by atoms with Gasteiger partial charge < -0.3 is 5.32 Å². The highest BCUT2D eigenvalue weighted by molar-refractivity contribution is 6.03. The first-order valence-corrected chi connectivity index (χ1v) is 6.25. The molecule has 21 heavy (non-hydrogen) atoms. The highest BCUT2D eigenvalue weighted by Gasteiger charge is 2.09. The first kappa shape index (κ1) is 13.0. The third kappa shape index (κ3) is 2.94. The average Bonchev–Trinajstić information content (AvgIpc) is 2.97. The Balaban J connectivity index is 1.75. The molecule has 0 fully saturated rings. The number of amides is 1. The van der Waals surface area contributed by atoms with Crippen LogP contribution in [0.15, 0.2) is 54.9 Å². The van der Waals surface area contributed by atoms with Crippen LogP contribution >= 0.6 is 0 Å². The van der Waals surface area contributed by atoms with E-state index in [4.69, 9.17) is 0 Å².